The molecule has 9 heteroatoms. The lowest BCUT2D eigenvalue weighted by Crippen LogP contribution is -2.57. The molecule has 0 atom stereocenters. The number of nitrogens with zero attached hydrogens (tertiary/aromatic N) is 1. The van der Waals surface area contributed by atoms with E-state index in [4.69, 9.17) is 4.74 Å². The lowest BCUT2D eigenvalue weighted by atomic mass is 9.93. The topological polar surface area (TPSA) is 104 Å². The number of carbonyl (C=O) groups is 2. The van der Waals surface area contributed by atoms with Crippen LogP contribution in [0.1, 0.15) is 59.9 Å². The van der Waals surface area contributed by atoms with Gasteiger partial charge in [0, 0.05) is 32.7 Å². The summed E-state index contributed by atoms with van der Waals surface area (Å²) in [6, 6.07) is 7.77. The molecule has 0 aromatic heterocycles. The van der Waals surface area contributed by atoms with Gasteiger partial charge < -0.3 is 26.0 Å². The molecule has 0 aliphatic rings. The maximum Gasteiger partial charge on any atom is 0.408 e. The Morgan fingerprint density at radius 1 is 1.03 bits per heavy atom. The summed E-state index contributed by atoms with van der Waals surface area (Å²) in [5.74, 6) is 0.591. The van der Waals surface area contributed by atoms with Crippen LogP contribution in [-0.2, 0) is 16.0 Å². The second-order valence-electron chi connectivity index (χ2n) is 8.59. The zero-order valence-corrected chi connectivity index (χ0v) is 22.8. The molecular formula is C23H40IN5O3. The number of guanidine groups is 1. The van der Waals surface area contributed by atoms with Crippen molar-refractivity contribution in [3.8, 4) is 0 Å². The summed E-state index contributed by atoms with van der Waals surface area (Å²) in [5.41, 5.74) is 0.970. The number of rotatable bonds is 9. The Bertz CT molecular complexity index is 741. The summed E-state index contributed by atoms with van der Waals surface area (Å²) in [6.07, 6.45) is 1.91. The lowest BCUT2D eigenvalue weighted by molar-refractivity contribution is -0.114. The predicted molar refractivity (Wildman–Crippen MR) is 142 cm³/mol. The molecule has 4 N–H and O–H groups in total. The molecule has 0 aliphatic heterocycles. The van der Waals surface area contributed by atoms with Crippen molar-refractivity contribution in [1.29, 1.82) is 0 Å². The van der Waals surface area contributed by atoms with E-state index >= 15 is 0 Å². The van der Waals surface area contributed by atoms with E-state index in [1.54, 1.807) is 7.05 Å². The maximum atomic E-state index is 12.3. The number of alkyl carbamates (subject to hydrolysis) is 1. The van der Waals surface area contributed by atoms with E-state index in [2.05, 4.69) is 26.3 Å². The molecule has 32 heavy (non-hydrogen) atoms. The third kappa shape index (κ3) is 11.5. The van der Waals surface area contributed by atoms with Crippen LogP contribution in [0.25, 0.3) is 0 Å². The summed E-state index contributed by atoms with van der Waals surface area (Å²) in [7, 11) is 1.72. The van der Waals surface area contributed by atoms with Crippen molar-refractivity contribution in [3.63, 3.8) is 0 Å². The molecule has 182 valence electrons. The number of carbonyl (C=O) groups excluding carboxylic acids is 2. The minimum atomic E-state index is -0.539. The average molecular weight is 562 g/mol. The van der Waals surface area contributed by atoms with Gasteiger partial charge >= 0.3 is 6.09 Å². The number of amides is 2. The highest BCUT2D eigenvalue weighted by Gasteiger charge is 2.30. The molecule has 0 saturated heterocycles. The number of benzene rings is 1. The number of aliphatic imine (C=N–C) groups is 1. The Morgan fingerprint density at radius 2 is 1.62 bits per heavy atom. The van der Waals surface area contributed by atoms with Crippen LogP contribution in [0.15, 0.2) is 29.3 Å². The predicted octanol–water partition coefficient (Wildman–Crippen LogP) is 4.05. The van der Waals surface area contributed by atoms with Gasteiger partial charge in [0.15, 0.2) is 5.96 Å². The normalized spacial score (nSPS) is 11.8. The highest BCUT2D eigenvalue weighted by atomic mass is 127. The fraction of sp³-hybridized carbons (Fsp3) is 0.609. The van der Waals surface area contributed by atoms with Gasteiger partial charge in [0.05, 0.1) is 5.54 Å². The molecule has 0 bridgehead atoms. The first kappa shape index (κ1) is 30.0. The minimum Gasteiger partial charge on any atom is -0.444 e. The summed E-state index contributed by atoms with van der Waals surface area (Å²) >= 11 is 0. The summed E-state index contributed by atoms with van der Waals surface area (Å²) in [5, 5.41) is 12.4. The monoisotopic (exact) mass is 561 g/mol. The summed E-state index contributed by atoms with van der Waals surface area (Å²) < 4.78 is 5.43. The zero-order valence-electron chi connectivity index (χ0n) is 20.4. The third-order valence-corrected chi connectivity index (χ3v) is 4.92. The molecule has 1 aromatic carbocycles. The first-order chi connectivity index (χ1) is 14.5. The average Bonchev–Trinajstić information content (AvgIpc) is 2.69. The quantitative estimate of drug-likeness (QED) is 0.207. The van der Waals surface area contributed by atoms with E-state index in [0.717, 1.165) is 30.5 Å². The van der Waals surface area contributed by atoms with Gasteiger partial charge in [-0.15, -0.1) is 24.0 Å². The van der Waals surface area contributed by atoms with Gasteiger partial charge in [-0.2, -0.15) is 0 Å². The van der Waals surface area contributed by atoms with Crippen LogP contribution in [-0.4, -0.2) is 49.2 Å². The highest BCUT2D eigenvalue weighted by Crippen LogP contribution is 2.16. The molecule has 0 unspecified atom stereocenters. The second kappa shape index (κ2) is 14.2. The van der Waals surface area contributed by atoms with E-state index in [-0.39, 0.29) is 29.9 Å². The number of hydrogen-bond acceptors (Lipinski definition) is 4. The van der Waals surface area contributed by atoms with Crippen LogP contribution in [0.4, 0.5) is 10.5 Å². The number of halogens is 1. The molecule has 8 nitrogen and oxygen atoms in total. The van der Waals surface area contributed by atoms with Crippen LogP contribution >= 0.6 is 24.0 Å². The zero-order chi connectivity index (χ0) is 23.5. The van der Waals surface area contributed by atoms with Crippen LogP contribution in [0.3, 0.4) is 0 Å². The van der Waals surface area contributed by atoms with Crippen LogP contribution in [0.2, 0.25) is 0 Å². The molecule has 0 heterocycles. The molecular weight excluding hydrogens is 521 g/mol. The number of hydrogen-bond donors (Lipinski definition) is 4. The van der Waals surface area contributed by atoms with Gasteiger partial charge in [0.1, 0.15) is 5.60 Å². The smallest absolute Gasteiger partial charge is 0.408 e. The number of nitrogens with one attached hydrogen (secondary N) is 4. The van der Waals surface area contributed by atoms with Crippen molar-refractivity contribution in [3.05, 3.63) is 29.8 Å². The van der Waals surface area contributed by atoms with Crippen LogP contribution in [0.5, 0.6) is 0 Å². The van der Waals surface area contributed by atoms with Crippen molar-refractivity contribution in [1.82, 2.24) is 16.0 Å². The molecule has 0 spiro atoms. The minimum absolute atomic E-state index is 0. The van der Waals surface area contributed by atoms with Gasteiger partial charge in [0.25, 0.3) is 0 Å². The maximum absolute atomic E-state index is 12.3. The number of anilines is 1. The molecule has 0 aliphatic carbocycles. The van der Waals surface area contributed by atoms with Gasteiger partial charge in [-0.1, -0.05) is 26.0 Å². The molecule has 0 fully saturated rings. The first-order valence-electron chi connectivity index (χ1n) is 10.8. The largest absolute Gasteiger partial charge is 0.444 e. The first-order valence-corrected chi connectivity index (χ1v) is 10.8. The van der Waals surface area contributed by atoms with Crippen molar-refractivity contribution in [2.75, 3.05) is 25.5 Å². The Labute approximate surface area is 209 Å². The van der Waals surface area contributed by atoms with E-state index in [1.165, 1.54) is 6.92 Å². The van der Waals surface area contributed by atoms with E-state index in [1.807, 2.05) is 58.9 Å². The van der Waals surface area contributed by atoms with Gasteiger partial charge in [0.2, 0.25) is 5.91 Å². The van der Waals surface area contributed by atoms with E-state index < -0.39 is 17.2 Å². The van der Waals surface area contributed by atoms with Gasteiger partial charge in [-0.3, -0.25) is 9.79 Å². The Kier molecular flexibility index (Phi) is 13.3. The van der Waals surface area contributed by atoms with Gasteiger partial charge in [-0.05, 0) is 57.7 Å². The van der Waals surface area contributed by atoms with E-state index in [9.17, 15) is 9.59 Å². The highest BCUT2D eigenvalue weighted by molar-refractivity contribution is 14.0. The van der Waals surface area contributed by atoms with Crippen LogP contribution in [0, 0.1) is 0 Å². The molecule has 1 aromatic rings. The Balaban J connectivity index is 0.00000961. The Hall–Kier alpha value is -2.04. The van der Waals surface area contributed by atoms with Gasteiger partial charge in [-0.25, -0.2) is 4.79 Å². The summed E-state index contributed by atoms with van der Waals surface area (Å²) in [4.78, 5) is 27.7. The third-order valence-electron chi connectivity index (χ3n) is 4.92. The van der Waals surface area contributed by atoms with Crippen molar-refractivity contribution < 1.29 is 14.3 Å². The summed E-state index contributed by atoms with van der Waals surface area (Å²) in [6.45, 7) is 12.4. The standard InChI is InChI=1S/C23H39N5O3.HI/c1-8-23(9-2,28-21(30)31-22(4,5)6)16-26-20(24-7)25-15-14-18-10-12-19(13-11-18)27-17(3)29;/h10-13H,8-9,14-16H2,1-7H3,(H,27,29)(H,28,30)(H2,24,25,26);1H. The second-order valence-corrected chi connectivity index (χ2v) is 8.59. The van der Waals surface area contributed by atoms with Crippen molar-refractivity contribution >= 4 is 47.6 Å². The van der Waals surface area contributed by atoms with Crippen LogP contribution < -0.4 is 21.3 Å². The Morgan fingerprint density at radius 3 is 2.09 bits per heavy atom. The molecule has 2 amide bonds. The SMILES string of the molecule is CCC(CC)(CNC(=NC)NCCc1ccc(NC(C)=O)cc1)NC(=O)OC(C)(C)C.I. The van der Waals surface area contributed by atoms with Crippen molar-refractivity contribution in [2.24, 2.45) is 4.99 Å². The molecule has 1 rings (SSSR count). The molecule has 0 saturated carbocycles. The lowest BCUT2D eigenvalue weighted by Gasteiger charge is -2.34. The molecule has 0 radical (unpaired) electrons. The van der Waals surface area contributed by atoms with Crippen molar-refractivity contribution in [2.45, 2.75) is 71.9 Å². The fourth-order valence-corrected chi connectivity index (χ4v) is 3.00. The fourth-order valence-electron chi connectivity index (χ4n) is 3.00. The number of ether oxygens (including phenoxy) is 1. The van der Waals surface area contributed by atoms with E-state index in [0.29, 0.717) is 19.0 Å².